The summed E-state index contributed by atoms with van der Waals surface area (Å²) in [6, 6.07) is -0.626. The van der Waals surface area contributed by atoms with Crippen LogP contribution in [0.2, 0.25) is 0 Å². The predicted molar refractivity (Wildman–Crippen MR) is 315 cm³/mol. The van der Waals surface area contributed by atoms with E-state index < -0.39 is 12.1 Å². The normalized spacial score (nSPS) is 12.8. The van der Waals surface area contributed by atoms with Crippen LogP contribution in [0, 0.1) is 0 Å². The van der Waals surface area contributed by atoms with Gasteiger partial charge in [-0.2, -0.15) is 0 Å². The SMILES string of the molecule is CCCCCC/C=C\CCCCCCCC(=O)OCCCCCCCCCCCCCC/C=C\CCCCCCCCCCCCCCCC(=O)NC(CO)C(O)/C=C/CCCCCCCCCCCCC. The number of hydrogen-bond donors (Lipinski definition) is 3. The number of rotatable bonds is 60. The molecular formula is C66H125NO5. The van der Waals surface area contributed by atoms with E-state index in [2.05, 4.69) is 43.5 Å². The molecular weight excluding hydrogens is 887 g/mol. The van der Waals surface area contributed by atoms with Gasteiger partial charge in [0, 0.05) is 12.8 Å². The second-order valence-corrected chi connectivity index (χ2v) is 22.1. The molecule has 0 aromatic heterocycles. The van der Waals surface area contributed by atoms with E-state index in [4.69, 9.17) is 4.74 Å². The maximum absolute atomic E-state index is 12.5. The largest absolute Gasteiger partial charge is 0.466 e. The summed E-state index contributed by atoms with van der Waals surface area (Å²) in [7, 11) is 0. The number of aliphatic hydroxyl groups is 2. The Bertz CT molecular complexity index is 1170. The van der Waals surface area contributed by atoms with Crippen molar-refractivity contribution in [3.8, 4) is 0 Å². The average molecular weight is 1010 g/mol. The molecule has 0 aliphatic rings. The van der Waals surface area contributed by atoms with Gasteiger partial charge < -0.3 is 20.3 Å². The van der Waals surface area contributed by atoms with Gasteiger partial charge in [0.15, 0.2) is 0 Å². The molecule has 2 atom stereocenters. The number of amides is 1. The zero-order valence-corrected chi connectivity index (χ0v) is 48.4. The lowest BCUT2D eigenvalue weighted by Gasteiger charge is -2.20. The third kappa shape index (κ3) is 57.4. The Kier molecular flexibility index (Phi) is 60.0. The van der Waals surface area contributed by atoms with Crippen molar-refractivity contribution in [2.45, 2.75) is 360 Å². The minimum Gasteiger partial charge on any atom is -0.466 e. The van der Waals surface area contributed by atoms with Crippen LogP contribution in [0.15, 0.2) is 36.5 Å². The lowest BCUT2D eigenvalue weighted by molar-refractivity contribution is -0.143. The molecule has 0 heterocycles. The van der Waals surface area contributed by atoms with E-state index in [1.54, 1.807) is 6.08 Å². The molecule has 424 valence electrons. The van der Waals surface area contributed by atoms with Crippen LogP contribution in [0.5, 0.6) is 0 Å². The Morgan fingerprint density at radius 2 is 0.653 bits per heavy atom. The molecule has 6 heteroatoms. The van der Waals surface area contributed by atoms with Crippen LogP contribution in [-0.2, 0) is 14.3 Å². The molecule has 0 aliphatic heterocycles. The number of nitrogens with one attached hydrogen (secondary N) is 1. The predicted octanol–water partition coefficient (Wildman–Crippen LogP) is 20.4. The number of unbranched alkanes of at least 4 members (excludes halogenated alkanes) is 45. The molecule has 0 spiro atoms. The van der Waals surface area contributed by atoms with E-state index in [0.717, 1.165) is 44.9 Å². The van der Waals surface area contributed by atoms with Gasteiger partial charge in [0.05, 0.1) is 25.4 Å². The summed E-state index contributed by atoms with van der Waals surface area (Å²) in [6.45, 7) is 4.90. The van der Waals surface area contributed by atoms with Crippen molar-refractivity contribution < 1.29 is 24.5 Å². The molecule has 0 aliphatic carbocycles. The van der Waals surface area contributed by atoms with Crippen molar-refractivity contribution in [2.24, 2.45) is 0 Å². The lowest BCUT2D eigenvalue weighted by atomic mass is 10.0. The number of carbonyl (C=O) groups excluding carboxylic acids is 2. The Hall–Kier alpha value is -1.92. The summed E-state index contributed by atoms with van der Waals surface area (Å²) in [5.74, 6) is -0.0597. The van der Waals surface area contributed by atoms with E-state index in [0.29, 0.717) is 19.4 Å². The van der Waals surface area contributed by atoms with Crippen LogP contribution in [0.1, 0.15) is 348 Å². The smallest absolute Gasteiger partial charge is 0.305 e. The third-order valence-corrected chi connectivity index (χ3v) is 14.9. The minimum atomic E-state index is -0.843. The molecule has 0 radical (unpaired) electrons. The molecule has 0 aromatic rings. The molecule has 0 saturated carbocycles. The number of esters is 1. The van der Waals surface area contributed by atoms with Crippen LogP contribution < -0.4 is 5.32 Å². The van der Waals surface area contributed by atoms with Gasteiger partial charge >= 0.3 is 5.97 Å². The quantitative estimate of drug-likeness (QED) is 0.0320. The first kappa shape index (κ1) is 70.1. The summed E-state index contributed by atoms with van der Waals surface area (Å²) in [4.78, 5) is 24.5. The fourth-order valence-electron chi connectivity index (χ4n) is 9.92. The minimum absolute atomic E-state index is 0.00684. The fraction of sp³-hybridized carbons (Fsp3) is 0.879. The van der Waals surface area contributed by atoms with Gasteiger partial charge in [-0.05, 0) is 83.5 Å². The lowest BCUT2D eigenvalue weighted by Crippen LogP contribution is -2.45. The number of carbonyl (C=O) groups is 2. The van der Waals surface area contributed by atoms with Gasteiger partial charge in [-0.15, -0.1) is 0 Å². The maximum Gasteiger partial charge on any atom is 0.305 e. The highest BCUT2D eigenvalue weighted by atomic mass is 16.5. The number of allylic oxidation sites excluding steroid dienone is 5. The Labute approximate surface area is 449 Å². The van der Waals surface area contributed by atoms with Crippen LogP contribution >= 0.6 is 0 Å². The monoisotopic (exact) mass is 1010 g/mol. The summed E-state index contributed by atoms with van der Waals surface area (Å²) < 4.78 is 5.47. The summed E-state index contributed by atoms with van der Waals surface area (Å²) >= 11 is 0. The Balaban J connectivity index is 3.38. The van der Waals surface area contributed by atoms with E-state index in [9.17, 15) is 19.8 Å². The molecule has 0 saturated heterocycles. The Morgan fingerprint density at radius 1 is 0.375 bits per heavy atom. The number of aliphatic hydroxyl groups excluding tert-OH is 2. The van der Waals surface area contributed by atoms with Gasteiger partial charge in [0.2, 0.25) is 5.91 Å². The highest BCUT2D eigenvalue weighted by Crippen LogP contribution is 2.17. The van der Waals surface area contributed by atoms with Crippen molar-refractivity contribution in [3.05, 3.63) is 36.5 Å². The second kappa shape index (κ2) is 61.6. The van der Waals surface area contributed by atoms with Crippen LogP contribution in [0.4, 0.5) is 0 Å². The van der Waals surface area contributed by atoms with Crippen LogP contribution in [0.25, 0.3) is 0 Å². The molecule has 6 nitrogen and oxygen atoms in total. The summed E-state index contributed by atoms with van der Waals surface area (Å²) in [5.41, 5.74) is 0. The fourth-order valence-corrected chi connectivity index (χ4v) is 9.92. The van der Waals surface area contributed by atoms with Crippen molar-refractivity contribution >= 4 is 11.9 Å². The molecule has 0 aromatic carbocycles. The zero-order valence-electron chi connectivity index (χ0n) is 48.4. The molecule has 0 rings (SSSR count). The van der Waals surface area contributed by atoms with E-state index in [1.165, 1.54) is 276 Å². The van der Waals surface area contributed by atoms with Crippen molar-refractivity contribution in [1.82, 2.24) is 5.32 Å². The van der Waals surface area contributed by atoms with E-state index in [-0.39, 0.29) is 18.5 Å². The first-order chi connectivity index (χ1) is 35.5. The first-order valence-electron chi connectivity index (χ1n) is 32.3. The van der Waals surface area contributed by atoms with Gasteiger partial charge in [-0.3, -0.25) is 9.59 Å². The second-order valence-electron chi connectivity index (χ2n) is 22.1. The number of hydrogen-bond acceptors (Lipinski definition) is 5. The highest BCUT2D eigenvalue weighted by molar-refractivity contribution is 5.76. The molecule has 0 bridgehead atoms. The van der Waals surface area contributed by atoms with Gasteiger partial charge in [0.25, 0.3) is 0 Å². The first-order valence-corrected chi connectivity index (χ1v) is 32.3. The summed E-state index contributed by atoms with van der Waals surface area (Å²) in [6.07, 6.45) is 77.7. The molecule has 3 N–H and O–H groups in total. The van der Waals surface area contributed by atoms with Gasteiger partial charge in [0.1, 0.15) is 0 Å². The maximum atomic E-state index is 12.5. The average Bonchev–Trinajstić information content (AvgIpc) is 3.38. The zero-order chi connectivity index (χ0) is 52.2. The van der Waals surface area contributed by atoms with Crippen molar-refractivity contribution in [1.29, 1.82) is 0 Å². The third-order valence-electron chi connectivity index (χ3n) is 14.9. The van der Waals surface area contributed by atoms with E-state index >= 15 is 0 Å². The van der Waals surface area contributed by atoms with E-state index in [1.807, 2.05) is 6.08 Å². The van der Waals surface area contributed by atoms with Gasteiger partial charge in [-0.1, -0.05) is 288 Å². The molecule has 2 unspecified atom stereocenters. The highest BCUT2D eigenvalue weighted by Gasteiger charge is 2.18. The summed E-state index contributed by atoms with van der Waals surface area (Å²) in [5, 5.41) is 23.1. The topological polar surface area (TPSA) is 95.9 Å². The van der Waals surface area contributed by atoms with Crippen LogP contribution in [-0.4, -0.2) is 47.4 Å². The van der Waals surface area contributed by atoms with Crippen molar-refractivity contribution in [3.63, 3.8) is 0 Å². The molecule has 72 heavy (non-hydrogen) atoms. The molecule has 0 fully saturated rings. The Morgan fingerprint density at radius 3 is 1.00 bits per heavy atom. The van der Waals surface area contributed by atoms with Crippen LogP contribution in [0.3, 0.4) is 0 Å². The number of ether oxygens (including phenoxy) is 1. The van der Waals surface area contributed by atoms with Gasteiger partial charge in [-0.25, -0.2) is 0 Å². The van der Waals surface area contributed by atoms with Crippen molar-refractivity contribution in [2.75, 3.05) is 13.2 Å². The molecule has 1 amide bonds. The standard InChI is InChI=1S/C66H125NO5/c1-3-5-7-9-11-13-15-34-38-42-46-50-54-58-64(69)63(62-68)67-65(70)59-55-51-47-43-39-36-32-30-28-26-24-22-20-18-17-19-21-23-25-27-29-31-33-37-41-45-49-53-57-61-72-66(71)60-56-52-48-44-40-35-16-14-12-10-8-6-4-2/h14,16-17,19,54,58,63-64,68-69H,3-13,15,18,20-53,55-57,59-62H2,1-2H3,(H,67,70)/b16-14-,19-17-,58-54+.